The van der Waals surface area contributed by atoms with Crippen LogP contribution in [0.2, 0.25) is 5.02 Å². The summed E-state index contributed by atoms with van der Waals surface area (Å²) in [5.74, 6) is -1.41. The molecule has 2 amide bonds. The number of nitro groups is 1. The van der Waals surface area contributed by atoms with Crippen LogP contribution in [-0.2, 0) is 14.3 Å². The van der Waals surface area contributed by atoms with E-state index in [4.69, 9.17) is 16.3 Å². The summed E-state index contributed by atoms with van der Waals surface area (Å²) in [6.07, 6.45) is 1.79. The van der Waals surface area contributed by atoms with Crippen molar-refractivity contribution in [3.05, 3.63) is 38.9 Å². The average molecular weight is 414 g/mol. The second kappa shape index (κ2) is 11.2. The third kappa shape index (κ3) is 8.34. The van der Waals surface area contributed by atoms with Gasteiger partial charge in [0.1, 0.15) is 11.6 Å². The molecule has 0 aliphatic rings. The Labute approximate surface area is 167 Å². The number of carbonyl (C=O) groups excluding carboxylic acids is 3. The molecule has 1 rings (SSSR count). The first-order chi connectivity index (χ1) is 13.1. The van der Waals surface area contributed by atoms with Gasteiger partial charge in [0, 0.05) is 17.7 Å². The fraction of sp³-hybridized carbons (Fsp3) is 0.500. The van der Waals surface area contributed by atoms with Gasteiger partial charge in [0.2, 0.25) is 0 Å². The van der Waals surface area contributed by atoms with Crippen molar-refractivity contribution in [3.63, 3.8) is 0 Å². The molecular weight excluding hydrogens is 390 g/mol. The van der Waals surface area contributed by atoms with Crippen LogP contribution in [0.15, 0.2) is 18.2 Å². The van der Waals surface area contributed by atoms with Crippen LogP contribution in [-0.4, -0.2) is 41.9 Å². The lowest BCUT2D eigenvalue weighted by atomic mass is 10.0. The largest absolute Gasteiger partial charge is 0.454 e. The number of nitrogens with zero attached hydrogens (tertiary/aromatic N) is 1. The van der Waals surface area contributed by atoms with E-state index >= 15 is 0 Å². The predicted molar refractivity (Wildman–Crippen MR) is 103 cm³/mol. The molecule has 1 atom stereocenters. The minimum absolute atomic E-state index is 0.0272. The zero-order valence-electron chi connectivity index (χ0n) is 16.0. The van der Waals surface area contributed by atoms with E-state index in [0.29, 0.717) is 5.92 Å². The minimum atomic E-state index is -0.804. The Morgan fingerprint density at radius 2 is 1.89 bits per heavy atom. The Kier molecular flexibility index (Phi) is 9.37. The van der Waals surface area contributed by atoms with E-state index in [2.05, 4.69) is 24.5 Å². The highest BCUT2D eigenvalue weighted by Gasteiger charge is 2.17. The van der Waals surface area contributed by atoms with Gasteiger partial charge in [-0.2, -0.15) is 0 Å². The molecule has 1 aromatic rings. The highest BCUT2D eigenvalue weighted by molar-refractivity contribution is 6.32. The fourth-order valence-corrected chi connectivity index (χ4v) is 2.40. The molecule has 0 fully saturated rings. The molecule has 0 aromatic heterocycles. The van der Waals surface area contributed by atoms with E-state index in [9.17, 15) is 24.5 Å². The Hall–Kier alpha value is -2.68. The molecule has 0 aliphatic heterocycles. The van der Waals surface area contributed by atoms with Crippen LogP contribution in [0, 0.1) is 16.0 Å². The summed E-state index contributed by atoms with van der Waals surface area (Å²) in [6, 6.07) is 3.49. The van der Waals surface area contributed by atoms with Crippen LogP contribution in [0.3, 0.4) is 0 Å². The van der Waals surface area contributed by atoms with Gasteiger partial charge in [0.05, 0.1) is 4.92 Å². The van der Waals surface area contributed by atoms with Crippen molar-refractivity contribution < 1.29 is 24.0 Å². The van der Waals surface area contributed by atoms with E-state index in [-0.39, 0.29) is 16.6 Å². The maximum Gasteiger partial charge on any atom is 0.325 e. The fourth-order valence-electron chi connectivity index (χ4n) is 2.22. The van der Waals surface area contributed by atoms with Crippen molar-refractivity contribution >= 4 is 35.1 Å². The standard InChI is InChI=1S/C18H24ClN3O6/c1-11(2)4-5-12(3)21-16(23)10-28-17(24)9-20-18(25)13-6-7-14(19)15(8-13)22(26)27/h6-8,11-12H,4-5,9-10H2,1-3H3,(H,20,25)(H,21,23)/t12-/m0/s1. The van der Waals surface area contributed by atoms with Gasteiger partial charge >= 0.3 is 5.97 Å². The third-order valence-electron chi connectivity index (χ3n) is 3.75. The minimum Gasteiger partial charge on any atom is -0.454 e. The van der Waals surface area contributed by atoms with E-state index in [1.165, 1.54) is 12.1 Å². The highest BCUT2D eigenvalue weighted by Crippen LogP contribution is 2.24. The average Bonchev–Trinajstić information content (AvgIpc) is 2.62. The maximum absolute atomic E-state index is 12.0. The molecule has 0 saturated heterocycles. The number of hydrogen-bond donors (Lipinski definition) is 2. The smallest absolute Gasteiger partial charge is 0.325 e. The third-order valence-corrected chi connectivity index (χ3v) is 4.07. The number of ether oxygens (including phenoxy) is 1. The van der Waals surface area contributed by atoms with Gasteiger partial charge in [-0.25, -0.2) is 0 Å². The molecule has 0 bridgehead atoms. The van der Waals surface area contributed by atoms with Gasteiger partial charge in [-0.15, -0.1) is 0 Å². The zero-order chi connectivity index (χ0) is 21.3. The topological polar surface area (TPSA) is 128 Å². The number of nitrogens with one attached hydrogen (secondary N) is 2. The summed E-state index contributed by atoms with van der Waals surface area (Å²) in [4.78, 5) is 45.5. The first-order valence-corrected chi connectivity index (χ1v) is 9.15. The van der Waals surface area contributed by atoms with E-state index in [1.54, 1.807) is 0 Å². The summed E-state index contributed by atoms with van der Waals surface area (Å²) in [7, 11) is 0. The van der Waals surface area contributed by atoms with Gasteiger partial charge in [0.15, 0.2) is 6.61 Å². The first-order valence-electron chi connectivity index (χ1n) is 8.77. The highest BCUT2D eigenvalue weighted by atomic mass is 35.5. The Bertz CT molecular complexity index is 738. The molecule has 28 heavy (non-hydrogen) atoms. The number of benzene rings is 1. The number of hydrogen-bond acceptors (Lipinski definition) is 6. The second-order valence-corrected chi connectivity index (χ2v) is 7.11. The summed E-state index contributed by atoms with van der Waals surface area (Å²) in [5.41, 5.74) is -0.444. The summed E-state index contributed by atoms with van der Waals surface area (Å²) in [5, 5.41) is 15.7. The van der Waals surface area contributed by atoms with Crippen LogP contribution in [0.4, 0.5) is 5.69 Å². The molecule has 0 heterocycles. The summed E-state index contributed by atoms with van der Waals surface area (Å²) < 4.78 is 4.80. The lowest BCUT2D eigenvalue weighted by Gasteiger charge is -2.15. The lowest BCUT2D eigenvalue weighted by Crippen LogP contribution is -2.37. The van der Waals surface area contributed by atoms with Crippen molar-refractivity contribution in [1.29, 1.82) is 0 Å². The quantitative estimate of drug-likeness (QED) is 0.344. The molecule has 2 N–H and O–H groups in total. The number of rotatable bonds is 10. The van der Waals surface area contributed by atoms with Crippen molar-refractivity contribution in [1.82, 2.24) is 10.6 Å². The summed E-state index contributed by atoms with van der Waals surface area (Å²) in [6.45, 7) is 5.12. The molecule has 0 spiro atoms. The number of amides is 2. The summed E-state index contributed by atoms with van der Waals surface area (Å²) >= 11 is 5.68. The van der Waals surface area contributed by atoms with Crippen molar-refractivity contribution in [2.45, 2.75) is 39.7 Å². The van der Waals surface area contributed by atoms with Gasteiger partial charge < -0.3 is 15.4 Å². The number of esters is 1. The molecule has 0 radical (unpaired) electrons. The molecule has 0 saturated carbocycles. The molecular formula is C18H24ClN3O6. The zero-order valence-corrected chi connectivity index (χ0v) is 16.7. The van der Waals surface area contributed by atoms with Crippen LogP contribution in [0.5, 0.6) is 0 Å². The van der Waals surface area contributed by atoms with Crippen molar-refractivity contribution in [2.75, 3.05) is 13.2 Å². The molecule has 10 heteroatoms. The molecule has 0 aliphatic carbocycles. The van der Waals surface area contributed by atoms with Crippen molar-refractivity contribution in [2.24, 2.45) is 5.92 Å². The Balaban J connectivity index is 2.40. The van der Waals surface area contributed by atoms with E-state index in [0.717, 1.165) is 18.9 Å². The van der Waals surface area contributed by atoms with Gasteiger partial charge in [-0.3, -0.25) is 24.5 Å². The van der Waals surface area contributed by atoms with Crippen molar-refractivity contribution in [3.8, 4) is 0 Å². The first kappa shape index (κ1) is 23.4. The molecule has 1 aromatic carbocycles. The maximum atomic E-state index is 12.0. The van der Waals surface area contributed by atoms with Crippen LogP contribution < -0.4 is 10.6 Å². The van der Waals surface area contributed by atoms with Crippen LogP contribution >= 0.6 is 11.6 Å². The van der Waals surface area contributed by atoms with Gasteiger partial charge in [-0.1, -0.05) is 25.4 Å². The molecule has 154 valence electrons. The van der Waals surface area contributed by atoms with E-state index in [1.807, 2.05) is 6.92 Å². The number of nitro benzene ring substituents is 1. The number of halogens is 1. The number of carbonyl (C=O) groups is 3. The SMILES string of the molecule is CC(C)CC[C@H](C)NC(=O)COC(=O)CNC(=O)c1ccc(Cl)c([N+](=O)[O-])c1. The molecule has 9 nitrogen and oxygen atoms in total. The predicted octanol–water partition coefficient (Wildman–Crippen LogP) is 2.46. The van der Waals surface area contributed by atoms with E-state index < -0.39 is 41.5 Å². The van der Waals surface area contributed by atoms with Crippen LogP contribution in [0.25, 0.3) is 0 Å². The Morgan fingerprint density at radius 1 is 1.21 bits per heavy atom. The second-order valence-electron chi connectivity index (χ2n) is 6.71. The van der Waals surface area contributed by atoms with Gasteiger partial charge in [-0.05, 0) is 37.8 Å². The normalized spacial score (nSPS) is 11.6. The monoisotopic (exact) mass is 413 g/mol. The molecule has 0 unspecified atom stereocenters. The van der Waals surface area contributed by atoms with Crippen LogP contribution in [0.1, 0.15) is 44.0 Å². The lowest BCUT2D eigenvalue weighted by molar-refractivity contribution is -0.384. The Morgan fingerprint density at radius 3 is 2.50 bits per heavy atom. The van der Waals surface area contributed by atoms with Gasteiger partial charge in [0.25, 0.3) is 17.5 Å².